The van der Waals surface area contributed by atoms with Crippen LogP contribution in [0.1, 0.15) is 89.5 Å². The predicted molar refractivity (Wildman–Crippen MR) is 125 cm³/mol. The Morgan fingerprint density at radius 1 is 0.733 bits per heavy atom. The van der Waals surface area contributed by atoms with Crippen molar-refractivity contribution in [3.05, 3.63) is 42.0 Å². The molecular weight excluding hydrogens is 368 g/mol. The van der Waals surface area contributed by atoms with Crippen LogP contribution in [-0.2, 0) is 4.74 Å². The van der Waals surface area contributed by atoms with Gasteiger partial charge in [-0.1, -0.05) is 51.0 Å². The molecule has 2 fully saturated rings. The summed E-state index contributed by atoms with van der Waals surface area (Å²) in [5.74, 6) is 4.80. The number of ether oxygens (including phenoxy) is 2. The van der Waals surface area contributed by atoms with Gasteiger partial charge in [-0.2, -0.15) is 0 Å². The monoisotopic (exact) mass is 410 g/mol. The van der Waals surface area contributed by atoms with Gasteiger partial charge in [0.25, 0.3) is 0 Å². The van der Waals surface area contributed by atoms with E-state index in [2.05, 4.69) is 50.3 Å². The average molecular weight is 411 g/mol. The average Bonchev–Trinajstić information content (AvgIpc) is 2.79. The molecule has 2 atom stereocenters. The molecule has 0 aliphatic heterocycles. The Hall–Kier alpha value is -1.28. The highest BCUT2D eigenvalue weighted by Gasteiger charge is 2.24. The third-order valence-electron chi connectivity index (χ3n) is 7.90. The van der Waals surface area contributed by atoms with E-state index in [1.807, 2.05) is 0 Å². The summed E-state index contributed by atoms with van der Waals surface area (Å²) in [6, 6.07) is 9.00. The molecule has 4 rings (SSSR count). The summed E-state index contributed by atoms with van der Waals surface area (Å²) in [5, 5.41) is 0. The SMILES string of the molecule is CC1C=CC(COC2CCC(c3ccc(OCC4CCC(C)CC4)cc3)CC2)CC1. The molecule has 166 valence electrons. The van der Waals surface area contributed by atoms with Gasteiger partial charge in [0.05, 0.1) is 19.3 Å². The maximum Gasteiger partial charge on any atom is 0.119 e. The fourth-order valence-corrected chi connectivity index (χ4v) is 5.52. The maximum absolute atomic E-state index is 6.29. The fourth-order valence-electron chi connectivity index (χ4n) is 5.52. The first-order valence-corrected chi connectivity index (χ1v) is 12.7. The van der Waals surface area contributed by atoms with Gasteiger partial charge < -0.3 is 9.47 Å². The normalized spacial score (nSPS) is 34.6. The van der Waals surface area contributed by atoms with Gasteiger partial charge in [0, 0.05) is 5.92 Å². The first kappa shape index (κ1) is 21.9. The summed E-state index contributed by atoms with van der Waals surface area (Å²) in [5.41, 5.74) is 1.48. The van der Waals surface area contributed by atoms with E-state index < -0.39 is 0 Å². The van der Waals surface area contributed by atoms with Gasteiger partial charge in [-0.3, -0.25) is 0 Å². The minimum absolute atomic E-state index is 0.467. The quantitative estimate of drug-likeness (QED) is 0.432. The first-order chi connectivity index (χ1) is 14.7. The van der Waals surface area contributed by atoms with Crippen molar-refractivity contribution in [1.82, 2.24) is 0 Å². The molecule has 0 N–H and O–H groups in total. The molecule has 1 aromatic carbocycles. The molecule has 30 heavy (non-hydrogen) atoms. The Bertz CT molecular complexity index is 648. The van der Waals surface area contributed by atoms with E-state index in [1.54, 1.807) is 0 Å². The van der Waals surface area contributed by atoms with Crippen LogP contribution >= 0.6 is 0 Å². The summed E-state index contributed by atoms with van der Waals surface area (Å²) >= 11 is 0. The van der Waals surface area contributed by atoms with Gasteiger partial charge in [-0.05, 0) is 92.7 Å². The Morgan fingerprint density at radius 2 is 1.47 bits per heavy atom. The van der Waals surface area contributed by atoms with Gasteiger partial charge in [0.2, 0.25) is 0 Å². The molecule has 2 nitrogen and oxygen atoms in total. The number of benzene rings is 1. The van der Waals surface area contributed by atoms with Gasteiger partial charge in [-0.15, -0.1) is 0 Å². The van der Waals surface area contributed by atoms with Crippen molar-refractivity contribution < 1.29 is 9.47 Å². The van der Waals surface area contributed by atoms with Crippen LogP contribution in [0.2, 0.25) is 0 Å². The van der Waals surface area contributed by atoms with Crippen molar-refractivity contribution in [2.75, 3.05) is 13.2 Å². The summed E-state index contributed by atoms with van der Waals surface area (Å²) in [7, 11) is 0. The Kier molecular flexibility index (Phi) is 7.93. The summed E-state index contributed by atoms with van der Waals surface area (Å²) < 4.78 is 12.4. The zero-order valence-electron chi connectivity index (χ0n) is 19.2. The smallest absolute Gasteiger partial charge is 0.119 e. The zero-order valence-corrected chi connectivity index (χ0v) is 19.2. The highest BCUT2D eigenvalue weighted by molar-refractivity contribution is 5.29. The molecule has 0 bridgehead atoms. The van der Waals surface area contributed by atoms with Crippen LogP contribution in [-0.4, -0.2) is 19.3 Å². The van der Waals surface area contributed by atoms with Crippen LogP contribution in [0.25, 0.3) is 0 Å². The first-order valence-electron chi connectivity index (χ1n) is 12.7. The van der Waals surface area contributed by atoms with Crippen molar-refractivity contribution >= 4 is 0 Å². The summed E-state index contributed by atoms with van der Waals surface area (Å²) in [6.45, 7) is 6.50. The molecule has 2 heteroatoms. The van der Waals surface area contributed by atoms with Crippen molar-refractivity contribution in [3.8, 4) is 5.75 Å². The van der Waals surface area contributed by atoms with Gasteiger partial charge in [0.15, 0.2) is 0 Å². The van der Waals surface area contributed by atoms with E-state index in [0.717, 1.165) is 36.7 Å². The molecular formula is C28H42O2. The molecule has 0 amide bonds. The molecule has 0 radical (unpaired) electrons. The molecule has 3 aliphatic carbocycles. The molecule has 0 heterocycles. The van der Waals surface area contributed by atoms with Crippen LogP contribution in [0.15, 0.2) is 36.4 Å². The van der Waals surface area contributed by atoms with Gasteiger partial charge in [-0.25, -0.2) is 0 Å². The lowest BCUT2D eigenvalue weighted by molar-refractivity contribution is 0.00942. The lowest BCUT2D eigenvalue weighted by Gasteiger charge is -2.30. The highest BCUT2D eigenvalue weighted by Crippen LogP contribution is 2.35. The molecule has 0 saturated heterocycles. The fraction of sp³-hybridized carbons (Fsp3) is 0.714. The second-order valence-electron chi connectivity index (χ2n) is 10.5. The minimum atomic E-state index is 0.467. The van der Waals surface area contributed by atoms with Crippen LogP contribution in [0.4, 0.5) is 0 Å². The van der Waals surface area contributed by atoms with Gasteiger partial charge >= 0.3 is 0 Å². The third-order valence-corrected chi connectivity index (χ3v) is 7.90. The maximum atomic E-state index is 6.29. The van der Waals surface area contributed by atoms with E-state index in [1.165, 1.54) is 69.8 Å². The van der Waals surface area contributed by atoms with Crippen LogP contribution in [0, 0.1) is 23.7 Å². The standard InChI is InChI=1S/C28H42O2/c1-21-3-7-23(8-4-21)19-29-27-15-11-25(12-16-27)26-13-17-28(18-14-26)30-20-24-9-5-22(2)6-10-24/h3,7,13-14,17-18,21-25,27H,4-6,8-12,15-16,19-20H2,1-2H3. The molecule has 1 aromatic rings. The third kappa shape index (κ3) is 6.36. The number of allylic oxidation sites excluding steroid dienone is 1. The summed E-state index contributed by atoms with van der Waals surface area (Å²) in [4.78, 5) is 0. The van der Waals surface area contributed by atoms with Crippen LogP contribution in [0.3, 0.4) is 0 Å². The Labute approximate surface area is 184 Å². The Morgan fingerprint density at radius 3 is 2.13 bits per heavy atom. The largest absolute Gasteiger partial charge is 0.493 e. The lowest BCUT2D eigenvalue weighted by atomic mass is 9.82. The van der Waals surface area contributed by atoms with Gasteiger partial charge in [0.1, 0.15) is 5.75 Å². The van der Waals surface area contributed by atoms with E-state index in [0.29, 0.717) is 17.9 Å². The van der Waals surface area contributed by atoms with E-state index >= 15 is 0 Å². The molecule has 2 saturated carbocycles. The van der Waals surface area contributed by atoms with E-state index in [4.69, 9.17) is 9.47 Å². The predicted octanol–water partition coefficient (Wildman–Crippen LogP) is 7.54. The van der Waals surface area contributed by atoms with Crippen molar-refractivity contribution in [3.63, 3.8) is 0 Å². The summed E-state index contributed by atoms with van der Waals surface area (Å²) in [6.07, 6.45) is 18.2. The molecule has 0 aromatic heterocycles. The second-order valence-corrected chi connectivity index (χ2v) is 10.5. The Balaban J connectivity index is 1.16. The number of rotatable bonds is 7. The zero-order chi connectivity index (χ0) is 20.8. The van der Waals surface area contributed by atoms with Crippen molar-refractivity contribution in [2.45, 2.75) is 90.1 Å². The van der Waals surface area contributed by atoms with E-state index in [9.17, 15) is 0 Å². The molecule has 0 spiro atoms. The molecule has 2 unspecified atom stereocenters. The van der Waals surface area contributed by atoms with Crippen molar-refractivity contribution in [2.24, 2.45) is 23.7 Å². The van der Waals surface area contributed by atoms with Crippen LogP contribution < -0.4 is 4.74 Å². The number of hydrogen-bond donors (Lipinski definition) is 0. The minimum Gasteiger partial charge on any atom is -0.493 e. The topological polar surface area (TPSA) is 18.5 Å². The lowest BCUT2D eigenvalue weighted by Crippen LogP contribution is -2.24. The van der Waals surface area contributed by atoms with E-state index in [-0.39, 0.29) is 0 Å². The highest BCUT2D eigenvalue weighted by atomic mass is 16.5. The number of hydrogen-bond acceptors (Lipinski definition) is 2. The molecule has 3 aliphatic rings. The van der Waals surface area contributed by atoms with Crippen LogP contribution in [0.5, 0.6) is 5.75 Å². The van der Waals surface area contributed by atoms with Crippen molar-refractivity contribution in [1.29, 1.82) is 0 Å². The second kappa shape index (κ2) is 10.8.